The van der Waals surface area contributed by atoms with E-state index in [9.17, 15) is 24.5 Å². The van der Waals surface area contributed by atoms with Gasteiger partial charge in [-0.05, 0) is 42.2 Å². The molecular weight excluding hydrogens is 460 g/mol. The number of rotatable bonds is 9. The molecule has 1 atom stereocenters. The number of carbonyl (C=O) groups excluding carboxylic acids is 3. The van der Waals surface area contributed by atoms with Crippen molar-refractivity contribution in [3.05, 3.63) is 112 Å². The van der Waals surface area contributed by atoms with Gasteiger partial charge in [-0.25, -0.2) is 4.79 Å². The molecule has 0 radical (unpaired) electrons. The number of nitro benzene ring substituents is 1. The number of hydrogen-bond donors (Lipinski definition) is 1. The first-order chi connectivity index (χ1) is 17.3. The van der Waals surface area contributed by atoms with E-state index in [0.717, 1.165) is 16.0 Å². The highest BCUT2D eigenvalue weighted by molar-refractivity contribution is 6.09. The summed E-state index contributed by atoms with van der Waals surface area (Å²) in [5, 5.41) is 13.6. The molecule has 1 unspecified atom stereocenters. The van der Waals surface area contributed by atoms with Gasteiger partial charge < -0.3 is 10.2 Å². The summed E-state index contributed by atoms with van der Waals surface area (Å²) in [6.45, 7) is 1.88. The zero-order valence-corrected chi connectivity index (χ0v) is 19.8. The average Bonchev–Trinajstić information content (AvgIpc) is 3.11. The molecule has 184 valence electrons. The van der Waals surface area contributed by atoms with Gasteiger partial charge in [-0.3, -0.25) is 24.6 Å². The molecule has 1 heterocycles. The quantitative estimate of drug-likeness (QED) is 0.282. The Morgan fingerprint density at radius 2 is 1.53 bits per heavy atom. The summed E-state index contributed by atoms with van der Waals surface area (Å²) >= 11 is 0. The molecule has 3 aromatic carbocycles. The van der Waals surface area contributed by atoms with Crippen LogP contribution in [0.15, 0.2) is 84.9 Å². The third-order valence-electron chi connectivity index (χ3n) is 6.31. The molecule has 0 bridgehead atoms. The summed E-state index contributed by atoms with van der Waals surface area (Å²) in [7, 11) is 0. The van der Waals surface area contributed by atoms with E-state index in [0.29, 0.717) is 25.1 Å². The highest BCUT2D eigenvalue weighted by atomic mass is 16.6. The lowest BCUT2D eigenvalue weighted by Crippen LogP contribution is -2.44. The maximum absolute atomic E-state index is 13.4. The van der Waals surface area contributed by atoms with Gasteiger partial charge in [0.1, 0.15) is 12.1 Å². The van der Waals surface area contributed by atoms with Crippen molar-refractivity contribution in [3.8, 4) is 0 Å². The van der Waals surface area contributed by atoms with Crippen molar-refractivity contribution in [2.45, 2.75) is 25.4 Å². The lowest BCUT2D eigenvalue weighted by Gasteiger charge is -2.26. The topological polar surface area (TPSA) is 113 Å². The fourth-order valence-corrected chi connectivity index (χ4v) is 4.19. The summed E-state index contributed by atoms with van der Waals surface area (Å²) in [6.07, 6.45) is 0.625. The van der Waals surface area contributed by atoms with Crippen molar-refractivity contribution >= 4 is 23.5 Å². The zero-order valence-electron chi connectivity index (χ0n) is 19.8. The molecule has 9 heteroatoms. The summed E-state index contributed by atoms with van der Waals surface area (Å²) < 4.78 is 0. The molecule has 36 heavy (non-hydrogen) atoms. The number of urea groups is 1. The van der Waals surface area contributed by atoms with Crippen LogP contribution in [0.1, 0.15) is 23.6 Å². The van der Waals surface area contributed by atoms with Crippen LogP contribution in [0.5, 0.6) is 0 Å². The van der Waals surface area contributed by atoms with Crippen molar-refractivity contribution in [2.24, 2.45) is 0 Å². The molecule has 1 N–H and O–H groups in total. The lowest BCUT2D eigenvalue weighted by molar-refractivity contribution is -0.384. The van der Waals surface area contributed by atoms with Crippen LogP contribution in [0.4, 0.5) is 10.5 Å². The van der Waals surface area contributed by atoms with E-state index in [-0.39, 0.29) is 11.6 Å². The van der Waals surface area contributed by atoms with Crippen LogP contribution in [0.2, 0.25) is 0 Å². The Kier molecular flexibility index (Phi) is 7.10. The van der Waals surface area contributed by atoms with E-state index >= 15 is 0 Å². The smallest absolute Gasteiger partial charge is 0.325 e. The van der Waals surface area contributed by atoms with Crippen LogP contribution in [-0.4, -0.2) is 45.7 Å². The number of amides is 4. The molecule has 4 amide bonds. The highest BCUT2D eigenvalue weighted by Gasteiger charge is 2.49. The molecular formula is C27H26N4O5. The minimum atomic E-state index is -1.43. The van der Waals surface area contributed by atoms with Crippen LogP contribution in [-0.2, 0) is 28.1 Å². The molecule has 9 nitrogen and oxygen atoms in total. The summed E-state index contributed by atoms with van der Waals surface area (Å²) in [5.41, 5.74) is 0.851. The number of benzene rings is 3. The second-order valence-corrected chi connectivity index (χ2v) is 8.79. The first-order valence-electron chi connectivity index (χ1n) is 11.5. The zero-order chi connectivity index (χ0) is 25.7. The average molecular weight is 487 g/mol. The van der Waals surface area contributed by atoms with Gasteiger partial charge in [-0.2, -0.15) is 0 Å². The normalized spacial score (nSPS) is 17.1. The fourth-order valence-electron chi connectivity index (χ4n) is 4.19. The Morgan fingerprint density at radius 3 is 2.11 bits per heavy atom. The number of hydrogen-bond acceptors (Lipinski definition) is 5. The molecule has 1 fully saturated rings. The number of nitrogens with one attached hydrogen (secondary N) is 1. The Balaban J connectivity index is 1.51. The minimum absolute atomic E-state index is 0.124. The van der Waals surface area contributed by atoms with E-state index in [1.54, 1.807) is 4.90 Å². The standard InChI is InChI=1S/C27H26N4O5/c1-27(22-12-14-23(15-13-22)31(35)36)25(33)30(26(34)28-27)19-24(32)29(18-21-10-6-3-7-11-21)17-16-20-8-4-2-5-9-20/h2-15H,16-19H2,1H3,(H,28,34). The number of nitrogens with zero attached hydrogens (tertiary/aromatic N) is 3. The van der Waals surface area contributed by atoms with Gasteiger partial charge in [0.25, 0.3) is 11.6 Å². The second kappa shape index (κ2) is 10.4. The fraction of sp³-hybridized carbons (Fsp3) is 0.222. The largest absolute Gasteiger partial charge is 0.336 e. The van der Waals surface area contributed by atoms with Gasteiger partial charge in [0.05, 0.1) is 4.92 Å². The van der Waals surface area contributed by atoms with Gasteiger partial charge >= 0.3 is 6.03 Å². The number of carbonyl (C=O) groups is 3. The Bertz CT molecular complexity index is 1260. The highest BCUT2D eigenvalue weighted by Crippen LogP contribution is 2.30. The summed E-state index contributed by atoms with van der Waals surface area (Å²) in [6, 6.07) is 24.0. The molecule has 3 aromatic rings. The van der Waals surface area contributed by atoms with Crippen molar-refractivity contribution in [1.29, 1.82) is 0 Å². The predicted octanol–water partition coefficient (Wildman–Crippen LogP) is 3.63. The SMILES string of the molecule is CC1(c2ccc([N+](=O)[O-])cc2)NC(=O)N(CC(=O)N(CCc2ccccc2)Cc2ccccc2)C1=O. The first-order valence-corrected chi connectivity index (χ1v) is 11.5. The predicted molar refractivity (Wildman–Crippen MR) is 133 cm³/mol. The summed E-state index contributed by atoms with van der Waals surface area (Å²) in [4.78, 5) is 52.4. The van der Waals surface area contributed by atoms with Crippen LogP contribution in [0, 0.1) is 10.1 Å². The number of nitro groups is 1. The monoisotopic (exact) mass is 486 g/mol. The molecule has 0 aliphatic carbocycles. The molecule has 0 saturated carbocycles. The van der Waals surface area contributed by atoms with Gasteiger partial charge in [0.15, 0.2) is 0 Å². The minimum Gasteiger partial charge on any atom is -0.336 e. The lowest BCUT2D eigenvalue weighted by atomic mass is 9.92. The third-order valence-corrected chi connectivity index (χ3v) is 6.31. The van der Waals surface area contributed by atoms with Gasteiger partial charge in [-0.15, -0.1) is 0 Å². The Hall–Kier alpha value is -4.53. The first kappa shape index (κ1) is 24.6. The molecule has 1 aliphatic heterocycles. The Labute approximate surface area is 208 Å². The molecule has 0 aromatic heterocycles. The molecule has 4 rings (SSSR count). The van der Waals surface area contributed by atoms with Gasteiger partial charge in [-0.1, -0.05) is 60.7 Å². The molecule has 1 aliphatic rings. The van der Waals surface area contributed by atoms with Gasteiger partial charge in [0, 0.05) is 25.2 Å². The van der Waals surface area contributed by atoms with Crippen LogP contribution >= 0.6 is 0 Å². The van der Waals surface area contributed by atoms with Crippen molar-refractivity contribution in [1.82, 2.24) is 15.1 Å². The van der Waals surface area contributed by atoms with Crippen molar-refractivity contribution in [3.63, 3.8) is 0 Å². The van der Waals surface area contributed by atoms with Gasteiger partial charge in [0.2, 0.25) is 5.91 Å². The molecule has 0 spiro atoms. The van der Waals surface area contributed by atoms with E-state index in [4.69, 9.17) is 0 Å². The van der Waals surface area contributed by atoms with Crippen molar-refractivity contribution in [2.75, 3.05) is 13.1 Å². The Morgan fingerprint density at radius 1 is 0.944 bits per heavy atom. The number of imide groups is 1. The van der Waals surface area contributed by atoms with E-state index in [1.165, 1.54) is 31.2 Å². The van der Waals surface area contributed by atoms with Crippen LogP contribution in [0.25, 0.3) is 0 Å². The van der Waals surface area contributed by atoms with E-state index < -0.39 is 28.9 Å². The molecule has 1 saturated heterocycles. The van der Waals surface area contributed by atoms with E-state index in [2.05, 4.69) is 5.32 Å². The number of non-ortho nitro benzene ring substituents is 1. The maximum atomic E-state index is 13.4. The second-order valence-electron chi connectivity index (χ2n) is 8.79. The van der Waals surface area contributed by atoms with Crippen LogP contribution < -0.4 is 5.32 Å². The van der Waals surface area contributed by atoms with E-state index in [1.807, 2.05) is 60.7 Å². The summed E-state index contributed by atoms with van der Waals surface area (Å²) in [5.74, 6) is -0.941. The van der Waals surface area contributed by atoms with Crippen molar-refractivity contribution < 1.29 is 19.3 Å². The maximum Gasteiger partial charge on any atom is 0.325 e. The van der Waals surface area contributed by atoms with Crippen LogP contribution in [0.3, 0.4) is 0 Å². The third kappa shape index (κ3) is 5.25.